The summed E-state index contributed by atoms with van der Waals surface area (Å²) < 4.78 is 16.8. The highest BCUT2D eigenvalue weighted by Crippen LogP contribution is 2.49. The lowest BCUT2D eigenvalue weighted by Gasteiger charge is -2.57. The number of carbonyl (C=O) groups excluding carboxylic acids is 1. The second-order valence-electron chi connectivity index (χ2n) is 7.33. The number of fused-ring (bicyclic) bond motifs is 1. The van der Waals surface area contributed by atoms with Gasteiger partial charge in [-0.2, -0.15) is 0 Å². The molecule has 6 nitrogen and oxygen atoms in total. The second kappa shape index (κ2) is 6.84. The van der Waals surface area contributed by atoms with Gasteiger partial charge in [0.1, 0.15) is 18.8 Å². The highest BCUT2D eigenvalue weighted by atomic mass is 16.6. The van der Waals surface area contributed by atoms with E-state index < -0.39 is 5.54 Å². The van der Waals surface area contributed by atoms with Crippen LogP contribution in [0.4, 0.5) is 0 Å². The Labute approximate surface area is 149 Å². The van der Waals surface area contributed by atoms with Gasteiger partial charge < -0.3 is 25.3 Å². The minimum atomic E-state index is -0.875. The summed E-state index contributed by atoms with van der Waals surface area (Å²) in [5.41, 5.74) is 6.23. The Bertz CT molecular complexity index is 646. The van der Waals surface area contributed by atoms with E-state index in [0.717, 1.165) is 17.1 Å². The van der Waals surface area contributed by atoms with Crippen LogP contribution < -0.4 is 20.5 Å². The Kier molecular flexibility index (Phi) is 4.93. The summed E-state index contributed by atoms with van der Waals surface area (Å²) in [7, 11) is 0. The van der Waals surface area contributed by atoms with Crippen LogP contribution in [0.5, 0.6) is 11.5 Å². The minimum Gasteiger partial charge on any atom is -0.486 e. The molecule has 1 fully saturated rings. The number of rotatable bonds is 6. The van der Waals surface area contributed by atoms with Crippen LogP contribution in [-0.4, -0.2) is 43.9 Å². The first-order chi connectivity index (χ1) is 11.9. The quantitative estimate of drug-likeness (QED) is 0.817. The first-order valence-corrected chi connectivity index (χ1v) is 8.96. The molecule has 1 aliphatic carbocycles. The van der Waals surface area contributed by atoms with Crippen molar-refractivity contribution in [3.05, 3.63) is 23.8 Å². The average Bonchev–Trinajstić information content (AvgIpc) is 2.61. The van der Waals surface area contributed by atoms with E-state index in [9.17, 15) is 4.79 Å². The summed E-state index contributed by atoms with van der Waals surface area (Å²) in [6.45, 7) is 8.27. The van der Waals surface area contributed by atoms with Crippen LogP contribution in [0.3, 0.4) is 0 Å². The molecule has 1 amide bonds. The van der Waals surface area contributed by atoms with Gasteiger partial charge in [0.15, 0.2) is 11.5 Å². The van der Waals surface area contributed by atoms with E-state index >= 15 is 0 Å². The number of ether oxygens (including phenoxy) is 3. The molecule has 2 aliphatic rings. The molecule has 1 heterocycles. The number of nitrogens with one attached hydrogen (secondary N) is 1. The first-order valence-electron chi connectivity index (χ1n) is 8.96. The zero-order valence-corrected chi connectivity index (χ0v) is 15.3. The van der Waals surface area contributed by atoms with Crippen molar-refractivity contribution in [2.45, 2.75) is 45.3 Å². The van der Waals surface area contributed by atoms with Crippen LogP contribution in [-0.2, 0) is 16.0 Å². The van der Waals surface area contributed by atoms with E-state index in [1.54, 1.807) is 0 Å². The standard InChI is InChI=1S/C19H28N2O4/c1-4-23-16-12-19(20,18(16,2)3)17(22)21-8-7-13-5-6-14-15(11-13)25-10-9-24-14/h5-6,11,16H,4,7-10,12,20H2,1-3H3,(H,21,22). The molecule has 3 rings (SSSR count). The van der Waals surface area contributed by atoms with Crippen molar-refractivity contribution in [2.75, 3.05) is 26.4 Å². The van der Waals surface area contributed by atoms with Gasteiger partial charge in [0.25, 0.3) is 0 Å². The van der Waals surface area contributed by atoms with Crippen LogP contribution in [0.1, 0.15) is 32.8 Å². The summed E-state index contributed by atoms with van der Waals surface area (Å²) in [4.78, 5) is 12.6. The van der Waals surface area contributed by atoms with Gasteiger partial charge in [-0.15, -0.1) is 0 Å². The van der Waals surface area contributed by atoms with Gasteiger partial charge in [-0.1, -0.05) is 19.9 Å². The number of carbonyl (C=O) groups is 1. The maximum Gasteiger partial charge on any atom is 0.240 e. The smallest absolute Gasteiger partial charge is 0.240 e. The maximum atomic E-state index is 12.6. The molecule has 6 heteroatoms. The molecule has 0 bridgehead atoms. The van der Waals surface area contributed by atoms with Gasteiger partial charge in [0, 0.05) is 25.0 Å². The number of hydrogen-bond acceptors (Lipinski definition) is 5. The molecule has 2 unspecified atom stereocenters. The highest BCUT2D eigenvalue weighted by molar-refractivity contribution is 5.88. The van der Waals surface area contributed by atoms with Crippen molar-refractivity contribution in [3.63, 3.8) is 0 Å². The van der Waals surface area contributed by atoms with Crippen molar-refractivity contribution < 1.29 is 19.0 Å². The van der Waals surface area contributed by atoms with Crippen LogP contribution >= 0.6 is 0 Å². The summed E-state index contributed by atoms with van der Waals surface area (Å²) >= 11 is 0. The third kappa shape index (κ3) is 3.20. The van der Waals surface area contributed by atoms with Crippen molar-refractivity contribution in [2.24, 2.45) is 11.1 Å². The third-order valence-electron chi connectivity index (χ3n) is 5.54. The fourth-order valence-electron chi connectivity index (χ4n) is 3.54. The van der Waals surface area contributed by atoms with Crippen LogP contribution in [0, 0.1) is 5.41 Å². The van der Waals surface area contributed by atoms with E-state index in [0.29, 0.717) is 39.2 Å². The summed E-state index contributed by atoms with van der Waals surface area (Å²) in [6.07, 6.45) is 1.31. The average molecular weight is 348 g/mol. The van der Waals surface area contributed by atoms with Gasteiger partial charge in [-0.3, -0.25) is 4.79 Å². The van der Waals surface area contributed by atoms with Crippen molar-refractivity contribution in [3.8, 4) is 11.5 Å². The molecule has 1 aromatic carbocycles. The fraction of sp³-hybridized carbons (Fsp3) is 0.632. The lowest BCUT2D eigenvalue weighted by Crippen LogP contribution is -2.75. The Morgan fingerprint density at radius 2 is 2.04 bits per heavy atom. The zero-order valence-electron chi connectivity index (χ0n) is 15.3. The van der Waals surface area contributed by atoms with Crippen LogP contribution in [0.2, 0.25) is 0 Å². The topological polar surface area (TPSA) is 82.8 Å². The van der Waals surface area contributed by atoms with Crippen molar-refractivity contribution >= 4 is 5.91 Å². The SMILES string of the molecule is CCOC1CC(N)(C(=O)NCCc2ccc3c(c2)OCCO3)C1(C)C. The molecule has 0 spiro atoms. The van der Waals surface area contributed by atoms with E-state index in [-0.39, 0.29) is 17.4 Å². The van der Waals surface area contributed by atoms with Crippen molar-refractivity contribution in [1.82, 2.24) is 5.32 Å². The minimum absolute atomic E-state index is 0.0334. The number of amides is 1. The second-order valence-corrected chi connectivity index (χ2v) is 7.33. The normalized spacial score (nSPS) is 26.6. The Morgan fingerprint density at radius 1 is 1.32 bits per heavy atom. The van der Waals surface area contributed by atoms with Gasteiger partial charge in [0.2, 0.25) is 5.91 Å². The molecule has 25 heavy (non-hydrogen) atoms. The lowest BCUT2D eigenvalue weighted by molar-refractivity contribution is -0.170. The van der Waals surface area contributed by atoms with Gasteiger partial charge in [0.05, 0.1) is 6.10 Å². The maximum absolute atomic E-state index is 12.6. The van der Waals surface area contributed by atoms with E-state index in [2.05, 4.69) is 5.32 Å². The summed E-state index contributed by atoms with van der Waals surface area (Å²) in [6, 6.07) is 5.88. The molecule has 3 N–H and O–H groups in total. The first kappa shape index (κ1) is 18.0. The van der Waals surface area contributed by atoms with E-state index in [1.165, 1.54) is 0 Å². The van der Waals surface area contributed by atoms with Crippen molar-refractivity contribution in [1.29, 1.82) is 0 Å². The van der Waals surface area contributed by atoms with Crippen LogP contribution in [0.15, 0.2) is 18.2 Å². The number of hydrogen-bond donors (Lipinski definition) is 2. The van der Waals surface area contributed by atoms with E-state index in [4.69, 9.17) is 19.9 Å². The van der Waals surface area contributed by atoms with Gasteiger partial charge in [-0.05, 0) is 31.0 Å². The molecular formula is C19H28N2O4. The fourth-order valence-corrected chi connectivity index (χ4v) is 3.54. The number of nitrogens with two attached hydrogens (primary N) is 1. The summed E-state index contributed by atoms with van der Waals surface area (Å²) in [5.74, 6) is 1.44. The predicted molar refractivity (Wildman–Crippen MR) is 94.9 cm³/mol. The highest BCUT2D eigenvalue weighted by Gasteiger charge is 2.62. The lowest BCUT2D eigenvalue weighted by atomic mass is 9.54. The largest absolute Gasteiger partial charge is 0.486 e. The Balaban J connectivity index is 1.53. The van der Waals surface area contributed by atoms with Gasteiger partial charge >= 0.3 is 0 Å². The molecule has 2 atom stereocenters. The Morgan fingerprint density at radius 3 is 2.72 bits per heavy atom. The van der Waals surface area contributed by atoms with E-state index in [1.807, 2.05) is 39.0 Å². The van der Waals surface area contributed by atoms with Crippen LogP contribution in [0.25, 0.3) is 0 Å². The molecular weight excluding hydrogens is 320 g/mol. The Hall–Kier alpha value is -1.79. The monoisotopic (exact) mass is 348 g/mol. The molecule has 1 aliphatic heterocycles. The summed E-state index contributed by atoms with van der Waals surface area (Å²) in [5, 5.41) is 2.98. The zero-order chi connectivity index (χ0) is 18.1. The van der Waals surface area contributed by atoms with Gasteiger partial charge in [-0.25, -0.2) is 0 Å². The molecule has 0 aromatic heterocycles. The number of benzene rings is 1. The molecule has 138 valence electrons. The molecule has 0 saturated heterocycles. The molecule has 0 radical (unpaired) electrons. The molecule has 1 saturated carbocycles. The third-order valence-corrected chi connectivity index (χ3v) is 5.54. The molecule has 1 aromatic rings. The predicted octanol–water partition coefficient (Wildman–Crippen LogP) is 1.65.